The molecular weight excluding hydrogens is 270 g/mol. The highest BCUT2D eigenvalue weighted by Gasteiger charge is 2.13. The van der Waals surface area contributed by atoms with Crippen LogP contribution in [-0.2, 0) is 11.8 Å². The quantitative estimate of drug-likeness (QED) is 0.837. The van der Waals surface area contributed by atoms with E-state index in [4.69, 9.17) is 10.5 Å². The number of hydrogen-bond acceptors (Lipinski definition) is 2. The highest BCUT2D eigenvalue weighted by atomic mass is 16.5. The molecule has 2 heteroatoms. The first-order valence-corrected chi connectivity index (χ1v) is 8.02. The Bertz CT molecular complexity index is 596. The van der Waals surface area contributed by atoms with E-state index < -0.39 is 0 Å². The molecule has 1 unspecified atom stereocenters. The van der Waals surface area contributed by atoms with E-state index in [0.29, 0.717) is 0 Å². The summed E-state index contributed by atoms with van der Waals surface area (Å²) in [6, 6.07) is 16.7. The third kappa shape index (κ3) is 4.35. The summed E-state index contributed by atoms with van der Waals surface area (Å²) in [5.41, 5.74) is 8.71. The molecule has 0 aromatic heterocycles. The summed E-state index contributed by atoms with van der Waals surface area (Å²) in [6.07, 6.45) is 1.81. The van der Waals surface area contributed by atoms with E-state index in [1.807, 2.05) is 30.3 Å². The molecule has 0 aliphatic heterocycles. The van der Waals surface area contributed by atoms with Crippen LogP contribution in [0.4, 0.5) is 0 Å². The highest BCUT2D eigenvalue weighted by molar-refractivity contribution is 5.39. The zero-order chi connectivity index (χ0) is 16.2. The van der Waals surface area contributed by atoms with Gasteiger partial charge < -0.3 is 10.5 Å². The zero-order valence-electron chi connectivity index (χ0n) is 14.1. The van der Waals surface area contributed by atoms with Gasteiger partial charge in [0.15, 0.2) is 0 Å². The van der Waals surface area contributed by atoms with E-state index in [-0.39, 0.29) is 11.5 Å². The van der Waals surface area contributed by atoms with Crippen LogP contribution < -0.4 is 10.5 Å². The molecule has 0 saturated heterocycles. The molecule has 0 heterocycles. The Balaban J connectivity index is 2.17. The minimum Gasteiger partial charge on any atom is -0.457 e. The second-order valence-electron chi connectivity index (χ2n) is 6.86. The first kappa shape index (κ1) is 16.6. The normalized spacial score (nSPS) is 13.0. The van der Waals surface area contributed by atoms with Gasteiger partial charge in [-0.15, -0.1) is 0 Å². The van der Waals surface area contributed by atoms with E-state index >= 15 is 0 Å². The fourth-order valence-electron chi connectivity index (χ4n) is 2.35. The molecule has 0 bridgehead atoms. The molecule has 2 aromatic rings. The Kier molecular flexibility index (Phi) is 5.25. The predicted octanol–water partition coefficient (Wildman–Crippen LogP) is 5.06. The van der Waals surface area contributed by atoms with E-state index in [2.05, 4.69) is 45.9 Å². The molecule has 0 fully saturated rings. The average molecular weight is 297 g/mol. The van der Waals surface area contributed by atoms with Crippen molar-refractivity contribution >= 4 is 0 Å². The third-order valence-electron chi connectivity index (χ3n) is 3.93. The lowest BCUT2D eigenvalue weighted by Crippen LogP contribution is -2.21. The van der Waals surface area contributed by atoms with Crippen LogP contribution in [-0.4, -0.2) is 6.04 Å². The van der Waals surface area contributed by atoms with Crippen molar-refractivity contribution in [3.63, 3.8) is 0 Å². The highest BCUT2D eigenvalue weighted by Crippen LogP contribution is 2.29. The van der Waals surface area contributed by atoms with E-state index in [0.717, 1.165) is 29.9 Å². The maximum absolute atomic E-state index is 6.08. The minimum atomic E-state index is 0.157. The molecule has 22 heavy (non-hydrogen) atoms. The Labute approximate surface area is 134 Å². The maximum Gasteiger partial charge on any atom is 0.130 e. The summed E-state index contributed by atoms with van der Waals surface area (Å²) in [5.74, 6) is 1.76. The molecule has 2 rings (SSSR count). The first-order chi connectivity index (χ1) is 10.4. The summed E-state index contributed by atoms with van der Waals surface area (Å²) >= 11 is 0. The SMILES string of the molecule is CCC(N)Cc1ccccc1Oc1ccc(C(C)(C)C)cc1. The molecule has 1 atom stereocenters. The lowest BCUT2D eigenvalue weighted by Gasteiger charge is -2.19. The largest absolute Gasteiger partial charge is 0.457 e. The Hall–Kier alpha value is -1.80. The van der Waals surface area contributed by atoms with Gasteiger partial charge in [0.05, 0.1) is 0 Å². The molecule has 118 valence electrons. The molecule has 0 radical (unpaired) electrons. The number of hydrogen-bond donors (Lipinski definition) is 1. The van der Waals surface area contributed by atoms with Crippen LogP contribution in [0.5, 0.6) is 11.5 Å². The summed E-state index contributed by atoms with van der Waals surface area (Å²) < 4.78 is 6.07. The summed E-state index contributed by atoms with van der Waals surface area (Å²) in [7, 11) is 0. The van der Waals surface area contributed by atoms with Gasteiger partial charge >= 0.3 is 0 Å². The molecule has 0 amide bonds. The molecule has 2 aromatic carbocycles. The molecule has 0 aliphatic rings. The van der Waals surface area contributed by atoms with E-state index in [9.17, 15) is 0 Å². The van der Waals surface area contributed by atoms with Crippen molar-refractivity contribution in [2.45, 2.75) is 52.0 Å². The number of ether oxygens (including phenoxy) is 1. The number of para-hydroxylation sites is 1. The number of rotatable bonds is 5. The molecular formula is C20H27NO. The van der Waals surface area contributed by atoms with Crippen molar-refractivity contribution in [2.75, 3.05) is 0 Å². The Morgan fingerprint density at radius 3 is 2.23 bits per heavy atom. The van der Waals surface area contributed by atoms with E-state index in [1.165, 1.54) is 5.56 Å². The van der Waals surface area contributed by atoms with Crippen LogP contribution in [0.25, 0.3) is 0 Å². The van der Waals surface area contributed by atoms with Gasteiger partial charge in [-0.25, -0.2) is 0 Å². The van der Waals surface area contributed by atoms with Crippen LogP contribution in [0.2, 0.25) is 0 Å². The second-order valence-corrected chi connectivity index (χ2v) is 6.86. The second kappa shape index (κ2) is 6.97. The van der Waals surface area contributed by atoms with Gasteiger partial charge in [0, 0.05) is 6.04 Å². The summed E-state index contributed by atoms with van der Waals surface area (Å²) in [5, 5.41) is 0. The predicted molar refractivity (Wildman–Crippen MR) is 93.6 cm³/mol. The van der Waals surface area contributed by atoms with Crippen molar-refractivity contribution in [3.05, 3.63) is 59.7 Å². The summed E-state index contributed by atoms with van der Waals surface area (Å²) in [6.45, 7) is 8.75. The van der Waals surface area contributed by atoms with Crippen LogP contribution in [0.15, 0.2) is 48.5 Å². The lowest BCUT2D eigenvalue weighted by atomic mass is 9.87. The van der Waals surface area contributed by atoms with Gasteiger partial charge in [0.25, 0.3) is 0 Å². The standard InChI is InChI=1S/C20H27NO/c1-5-17(21)14-15-8-6-7-9-19(15)22-18-12-10-16(11-13-18)20(2,3)4/h6-13,17H,5,14,21H2,1-4H3. The topological polar surface area (TPSA) is 35.2 Å². The maximum atomic E-state index is 6.08. The number of nitrogens with two attached hydrogens (primary N) is 1. The van der Waals surface area contributed by atoms with Gasteiger partial charge in [0.2, 0.25) is 0 Å². The van der Waals surface area contributed by atoms with Gasteiger partial charge in [-0.05, 0) is 47.6 Å². The molecule has 2 N–H and O–H groups in total. The Morgan fingerprint density at radius 2 is 1.64 bits per heavy atom. The molecule has 2 nitrogen and oxygen atoms in total. The van der Waals surface area contributed by atoms with Crippen molar-refractivity contribution in [1.82, 2.24) is 0 Å². The third-order valence-corrected chi connectivity index (χ3v) is 3.93. The number of benzene rings is 2. The summed E-state index contributed by atoms with van der Waals surface area (Å²) in [4.78, 5) is 0. The fourth-order valence-corrected chi connectivity index (χ4v) is 2.35. The van der Waals surface area contributed by atoms with Crippen molar-refractivity contribution < 1.29 is 4.74 Å². The van der Waals surface area contributed by atoms with Crippen LogP contribution in [0, 0.1) is 0 Å². The first-order valence-electron chi connectivity index (χ1n) is 8.02. The van der Waals surface area contributed by atoms with Crippen LogP contribution in [0.3, 0.4) is 0 Å². The Morgan fingerprint density at radius 1 is 1.00 bits per heavy atom. The van der Waals surface area contributed by atoms with Gasteiger partial charge in [-0.3, -0.25) is 0 Å². The van der Waals surface area contributed by atoms with Crippen molar-refractivity contribution in [2.24, 2.45) is 5.73 Å². The molecule has 0 saturated carbocycles. The van der Waals surface area contributed by atoms with Crippen molar-refractivity contribution in [1.29, 1.82) is 0 Å². The van der Waals surface area contributed by atoms with Crippen LogP contribution in [0.1, 0.15) is 45.2 Å². The fraction of sp³-hybridized carbons (Fsp3) is 0.400. The molecule has 0 aliphatic carbocycles. The average Bonchev–Trinajstić information content (AvgIpc) is 2.49. The molecule has 0 spiro atoms. The van der Waals surface area contributed by atoms with Gasteiger partial charge in [-0.2, -0.15) is 0 Å². The smallest absolute Gasteiger partial charge is 0.130 e. The lowest BCUT2D eigenvalue weighted by molar-refractivity contribution is 0.471. The van der Waals surface area contributed by atoms with Gasteiger partial charge in [-0.1, -0.05) is 58.0 Å². The van der Waals surface area contributed by atoms with Gasteiger partial charge in [0.1, 0.15) is 11.5 Å². The monoisotopic (exact) mass is 297 g/mol. The van der Waals surface area contributed by atoms with E-state index in [1.54, 1.807) is 0 Å². The minimum absolute atomic E-state index is 0.157. The van der Waals surface area contributed by atoms with Crippen LogP contribution >= 0.6 is 0 Å². The zero-order valence-corrected chi connectivity index (χ0v) is 14.1. The van der Waals surface area contributed by atoms with Crippen molar-refractivity contribution in [3.8, 4) is 11.5 Å².